The fourth-order valence-corrected chi connectivity index (χ4v) is 2.34. The van der Waals surface area contributed by atoms with E-state index in [-0.39, 0.29) is 0 Å². The van der Waals surface area contributed by atoms with Crippen LogP contribution in [0.1, 0.15) is 5.56 Å². The molecule has 20 heavy (non-hydrogen) atoms. The predicted molar refractivity (Wildman–Crippen MR) is 84.0 cm³/mol. The fraction of sp³-hybridized carbons (Fsp3) is 0.176. The van der Waals surface area contributed by atoms with Crippen molar-refractivity contribution in [2.45, 2.75) is 6.92 Å². The molecule has 0 aliphatic rings. The molecule has 3 nitrogen and oxygen atoms in total. The van der Waals surface area contributed by atoms with Crippen molar-refractivity contribution in [1.82, 2.24) is 9.97 Å². The first-order valence-electron chi connectivity index (χ1n) is 6.67. The second-order valence-electron chi connectivity index (χ2n) is 5.10. The molecular formula is C17H17N3. The van der Waals surface area contributed by atoms with Crippen molar-refractivity contribution in [1.29, 1.82) is 0 Å². The van der Waals surface area contributed by atoms with Crippen molar-refractivity contribution >= 4 is 16.7 Å². The van der Waals surface area contributed by atoms with Crippen molar-refractivity contribution in [3.05, 3.63) is 54.1 Å². The van der Waals surface area contributed by atoms with Crippen LogP contribution in [0.5, 0.6) is 0 Å². The number of benzene rings is 2. The molecule has 2 aromatic carbocycles. The smallest absolute Gasteiger partial charge is 0.162 e. The number of nitrogens with zero attached hydrogens (tertiary/aromatic N) is 3. The summed E-state index contributed by atoms with van der Waals surface area (Å²) in [5.41, 5.74) is 3.25. The highest BCUT2D eigenvalue weighted by atomic mass is 15.2. The van der Waals surface area contributed by atoms with Gasteiger partial charge < -0.3 is 4.90 Å². The first-order valence-corrected chi connectivity index (χ1v) is 6.67. The third kappa shape index (κ3) is 2.11. The van der Waals surface area contributed by atoms with Crippen LogP contribution in [0.25, 0.3) is 22.3 Å². The summed E-state index contributed by atoms with van der Waals surface area (Å²) in [6.07, 6.45) is 0. The molecular weight excluding hydrogens is 246 g/mol. The highest BCUT2D eigenvalue weighted by Gasteiger charge is 2.11. The van der Waals surface area contributed by atoms with Gasteiger partial charge in [-0.05, 0) is 24.6 Å². The van der Waals surface area contributed by atoms with Gasteiger partial charge in [0.25, 0.3) is 0 Å². The molecule has 0 aliphatic heterocycles. The first kappa shape index (κ1) is 12.6. The van der Waals surface area contributed by atoms with E-state index in [0.717, 1.165) is 28.1 Å². The van der Waals surface area contributed by atoms with Crippen LogP contribution in [0.2, 0.25) is 0 Å². The maximum Gasteiger partial charge on any atom is 0.162 e. The number of aromatic nitrogens is 2. The van der Waals surface area contributed by atoms with Crippen LogP contribution in [-0.2, 0) is 0 Å². The van der Waals surface area contributed by atoms with Crippen LogP contribution in [0.15, 0.2) is 48.5 Å². The highest BCUT2D eigenvalue weighted by Crippen LogP contribution is 2.27. The first-order chi connectivity index (χ1) is 9.66. The minimum atomic E-state index is 0.783. The quantitative estimate of drug-likeness (QED) is 0.706. The Labute approximate surface area is 118 Å². The molecule has 0 aliphatic carbocycles. The second kappa shape index (κ2) is 4.93. The number of hydrogen-bond donors (Lipinski definition) is 0. The van der Waals surface area contributed by atoms with Gasteiger partial charge in [0.2, 0.25) is 0 Å². The van der Waals surface area contributed by atoms with Gasteiger partial charge in [0, 0.05) is 25.0 Å². The van der Waals surface area contributed by atoms with Crippen LogP contribution in [0.3, 0.4) is 0 Å². The molecule has 3 aromatic rings. The van der Waals surface area contributed by atoms with Crippen molar-refractivity contribution in [2.24, 2.45) is 0 Å². The summed E-state index contributed by atoms with van der Waals surface area (Å²) in [7, 11) is 4.02. The molecule has 0 spiro atoms. The van der Waals surface area contributed by atoms with E-state index in [9.17, 15) is 0 Å². The van der Waals surface area contributed by atoms with Gasteiger partial charge in [-0.3, -0.25) is 0 Å². The second-order valence-corrected chi connectivity index (χ2v) is 5.10. The average Bonchev–Trinajstić information content (AvgIpc) is 2.46. The fourth-order valence-electron chi connectivity index (χ4n) is 2.34. The summed E-state index contributed by atoms with van der Waals surface area (Å²) in [5, 5.41) is 1.08. The zero-order valence-electron chi connectivity index (χ0n) is 12.0. The van der Waals surface area contributed by atoms with Gasteiger partial charge in [-0.2, -0.15) is 0 Å². The monoisotopic (exact) mass is 263 g/mol. The van der Waals surface area contributed by atoms with Crippen molar-refractivity contribution in [3.63, 3.8) is 0 Å². The van der Waals surface area contributed by atoms with Gasteiger partial charge in [0.1, 0.15) is 5.82 Å². The van der Waals surface area contributed by atoms with Crippen molar-refractivity contribution in [2.75, 3.05) is 19.0 Å². The van der Waals surface area contributed by atoms with Gasteiger partial charge in [-0.1, -0.05) is 36.4 Å². The molecule has 0 bridgehead atoms. The summed E-state index contributed by atoms with van der Waals surface area (Å²) in [4.78, 5) is 11.5. The maximum atomic E-state index is 4.75. The summed E-state index contributed by atoms with van der Waals surface area (Å²) in [5.74, 6) is 1.74. The normalized spacial score (nSPS) is 10.8. The Bertz CT molecular complexity index is 763. The summed E-state index contributed by atoms with van der Waals surface area (Å²) in [6.45, 7) is 2.09. The highest BCUT2D eigenvalue weighted by molar-refractivity contribution is 5.91. The lowest BCUT2D eigenvalue weighted by atomic mass is 10.1. The lowest BCUT2D eigenvalue weighted by Gasteiger charge is -2.16. The third-order valence-electron chi connectivity index (χ3n) is 3.39. The molecule has 0 saturated carbocycles. The predicted octanol–water partition coefficient (Wildman–Crippen LogP) is 3.67. The van der Waals surface area contributed by atoms with E-state index in [1.807, 2.05) is 49.3 Å². The molecule has 0 N–H and O–H groups in total. The van der Waals surface area contributed by atoms with E-state index in [1.165, 1.54) is 5.56 Å². The van der Waals surface area contributed by atoms with Crippen LogP contribution in [0, 0.1) is 6.92 Å². The minimum Gasteiger partial charge on any atom is -0.362 e. The molecule has 0 unspecified atom stereocenters. The summed E-state index contributed by atoms with van der Waals surface area (Å²) in [6, 6.07) is 16.3. The molecule has 3 heteroatoms. The van der Waals surface area contributed by atoms with Crippen LogP contribution in [0.4, 0.5) is 5.82 Å². The molecule has 0 amide bonds. The van der Waals surface area contributed by atoms with Crippen LogP contribution >= 0.6 is 0 Å². The van der Waals surface area contributed by atoms with E-state index in [0.29, 0.717) is 0 Å². The lowest BCUT2D eigenvalue weighted by molar-refractivity contribution is 1.06. The van der Waals surface area contributed by atoms with Gasteiger partial charge in [-0.25, -0.2) is 9.97 Å². The Morgan fingerprint density at radius 2 is 1.55 bits per heavy atom. The topological polar surface area (TPSA) is 29.0 Å². The number of fused-ring (bicyclic) bond motifs is 1. The maximum absolute atomic E-state index is 4.75. The van der Waals surface area contributed by atoms with E-state index >= 15 is 0 Å². The molecule has 1 aromatic heterocycles. The van der Waals surface area contributed by atoms with E-state index in [4.69, 9.17) is 9.97 Å². The van der Waals surface area contributed by atoms with E-state index in [1.54, 1.807) is 0 Å². The van der Waals surface area contributed by atoms with Crippen molar-refractivity contribution < 1.29 is 0 Å². The Hall–Kier alpha value is -2.42. The van der Waals surface area contributed by atoms with Gasteiger partial charge >= 0.3 is 0 Å². The Balaban J connectivity index is 2.30. The zero-order chi connectivity index (χ0) is 14.1. The Morgan fingerprint density at radius 3 is 2.30 bits per heavy atom. The average molecular weight is 263 g/mol. The number of hydrogen-bond acceptors (Lipinski definition) is 3. The van der Waals surface area contributed by atoms with Crippen LogP contribution in [-0.4, -0.2) is 24.1 Å². The summed E-state index contributed by atoms with van der Waals surface area (Å²) >= 11 is 0. The van der Waals surface area contributed by atoms with E-state index < -0.39 is 0 Å². The van der Waals surface area contributed by atoms with Crippen LogP contribution < -0.4 is 4.90 Å². The van der Waals surface area contributed by atoms with E-state index in [2.05, 4.69) is 25.1 Å². The number of para-hydroxylation sites is 1. The largest absolute Gasteiger partial charge is 0.362 e. The van der Waals surface area contributed by atoms with Crippen molar-refractivity contribution in [3.8, 4) is 11.4 Å². The SMILES string of the molecule is Cc1ccccc1-c1nc(N(C)C)c2ccccc2n1. The Morgan fingerprint density at radius 1 is 0.850 bits per heavy atom. The number of rotatable bonds is 2. The molecule has 100 valence electrons. The number of anilines is 1. The lowest BCUT2D eigenvalue weighted by Crippen LogP contribution is -2.12. The third-order valence-corrected chi connectivity index (χ3v) is 3.39. The zero-order valence-corrected chi connectivity index (χ0v) is 12.0. The molecule has 0 radical (unpaired) electrons. The molecule has 0 fully saturated rings. The molecule has 0 atom stereocenters. The molecule has 3 rings (SSSR count). The minimum absolute atomic E-state index is 0.783. The standard InChI is InChI=1S/C17H17N3/c1-12-8-4-5-9-13(12)16-18-15-11-7-6-10-14(15)17(19-16)20(2)3/h4-11H,1-3H3. The number of aryl methyl sites for hydroxylation is 1. The Kier molecular flexibility index (Phi) is 3.11. The van der Waals surface area contributed by atoms with Gasteiger partial charge in [-0.15, -0.1) is 0 Å². The van der Waals surface area contributed by atoms with Gasteiger partial charge in [0.15, 0.2) is 5.82 Å². The molecule has 1 heterocycles. The molecule has 0 saturated heterocycles. The summed E-state index contributed by atoms with van der Waals surface area (Å²) < 4.78 is 0. The van der Waals surface area contributed by atoms with Gasteiger partial charge in [0.05, 0.1) is 5.52 Å².